The molecule has 0 bridgehead atoms. The molecule has 3 aromatic carbocycles. The van der Waals surface area contributed by atoms with Crippen LogP contribution in [0.1, 0.15) is 5.56 Å². The first-order chi connectivity index (χ1) is 13.1. The molecule has 27 heavy (non-hydrogen) atoms. The Kier molecular flexibility index (Phi) is 4.65. The van der Waals surface area contributed by atoms with Gasteiger partial charge in [0.1, 0.15) is 11.6 Å². The largest absolute Gasteiger partial charge is 0.507 e. The molecule has 0 aliphatic rings. The predicted molar refractivity (Wildman–Crippen MR) is 105 cm³/mol. The Morgan fingerprint density at radius 2 is 1.63 bits per heavy atom. The third-order valence-corrected chi connectivity index (χ3v) is 4.60. The Bertz CT molecular complexity index is 1070. The Balaban J connectivity index is 1.81. The summed E-state index contributed by atoms with van der Waals surface area (Å²) in [5.41, 5.74) is 4.08. The van der Waals surface area contributed by atoms with Crippen LogP contribution in [0.15, 0.2) is 78.9 Å². The predicted octanol–water partition coefficient (Wildman–Crippen LogP) is 5.76. The third-order valence-electron chi connectivity index (χ3n) is 4.35. The van der Waals surface area contributed by atoms with Gasteiger partial charge >= 0.3 is 0 Å². The highest BCUT2D eigenvalue weighted by Gasteiger charge is 2.14. The number of hydrogen-bond acceptors (Lipinski definition) is 2. The lowest BCUT2D eigenvalue weighted by molar-refractivity contribution is 0.476. The highest BCUT2D eigenvalue weighted by Crippen LogP contribution is 2.32. The van der Waals surface area contributed by atoms with Crippen molar-refractivity contribution in [3.05, 3.63) is 95.3 Å². The van der Waals surface area contributed by atoms with Crippen molar-refractivity contribution in [1.29, 1.82) is 0 Å². The average Bonchev–Trinajstić information content (AvgIpc) is 3.08. The first kappa shape index (κ1) is 17.3. The molecule has 0 fully saturated rings. The molecule has 0 aliphatic carbocycles. The van der Waals surface area contributed by atoms with Crippen LogP contribution in [0.25, 0.3) is 22.5 Å². The minimum Gasteiger partial charge on any atom is -0.507 e. The maximum absolute atomic E-state index is 13.2. The fourth-order valence-corrected chi connectivity index (χ4v) is 3.09. The van der Waals surface area contributed by atoms with Crippen LogP contribution in [0.3, 0.4) is 0 Å². The van der Waals surface area contributed by atoms with Gasteiger partial charge in [0, 0.05) is 16.1 Å². The topological polar surface area (TPSA) is 38.1 Å². The van der Waals surface area contributed by atoms with Crippen molar-refractivity contribution in [2.45, 2.75) is 6.54 Å². The van der Waals surface area contributed by atoms with Crippen molar-refractivity contribution in [2.24, 2.45) is 0 Å². The Hall–Kier alpha value is -3.11. The molecule has 3 nitrogen and oxygen atoms in total. The van der Waals surface area contributed by atoms with Crippen LogP contribution in [-0.2, 0) is 6.54 Å². The second-order valence-electron chi connectivity index (χ2n) is 6.22. The van der Waals surface area contributed by atoms with E-state index in [0.717, 1.165) is 22.5 Å². The van der Waals surface area contributed by atoms with E-state index in [1.807, 2.05) is 47.1 Å². The minimum absolute atomic E-state index is 0.181. The molecule has 134 valence electrons. The molecule has 1 heterocycles. The molecule has 0 unspecified atom stereocenters. The molecule has 1 aromatic heterocycles. The zero-order chi connectivity index (χ0) is 18.8. The van der Waals surface area contributed by atoms with Gasteiger partial charge in [-0.15, -0.1) is 0 Å². The molecule has 5 heteroatoms. The summed E-state index contributed by atoms with van der Waals surface area (Å²) >= 11 is 5.98. The monoisotopic (exact) mass is 378 g/mol. The average molecular weight is 379 g/mol. The highest BCUT2D eigenvalue weighted by molar-refractivity contribution is 6.30. The molecule has 1 N–H and O–H groups in total. The van der Waals surface area contributed by atoms with Gasteiger partial charge in [0.2, 0.25) is 0 Å². The van der Waals surface area contributed by atoms with E-state index < -0.39 is 0 Å². The smallest absolute Gasteiger partial charge is 0.124 e. The fraction of sp³-hybridized carbons (Fsp3) is 0.0455. The highest BCUT2D eigenvalue weighted by atomic mass is 35.5. The number of phenols is 1. The Labute approximate surface area is 161 Å². The van der Waals surface area contributed by atoms with Gasteiger partial charge < -0.3 is 5.11 Å². The summed E-state index contributed by atoms with van der Waals surface area (Å²) in [6.45, 7) is 0.456. The third kappa shape index (κ3) is 3.71. The summed E-state index contributed by atoms with van der Waals surface area (Å²) in [6, 6.07) is 22.8. The van der Waals surface area contributed by atoms with Crippen molar-refractivity contribution in [2.75, 3.05) is 0 Å². The maximum atomic E-state index is 13.2. The quantitative estimate of drug-likeness (QED) is 0.490. The zero-order valence-electron chi connectivity index (χ0n) is 14.3. The number of para-hydroxylation sites is 1. The van der Waals surface area contributed by atoms with Gasteiger partial charge in [-0.25, -0.2) is 4.39 Å². The van der Waals surface area contributed by atoms with Crippen LogP contribution in [-0.4, -0.2) is 14.9 Å². The maximum Gasteiger partial charge on any atom is 0.124 e. The first-order valence-electron chi connectivity index (χ1n) is 8.47. The van der Waals surface area contributed by atoms with Gasteiger partial charge in [0.25, 0.3) is 0 Å². The molecule has 0 radical (unpaired) electrons. The lowest BCUT2D eigenvalue weighted by Crippen LogP contribution is -2.04. The van der Waals surface area contributed by atoms with E-state index in [2.05, 4.69) is 0 Å². The van der Waals surface area contributed by atoms with Crippen LogP contribution in [0.5, 0.6) is 5.75 Å². The normalized spacial score (nSPS) is 10.9. The summed E-state index contributed by atoms with van der Waals surface area (Å²) in [4.78, 5) is 0. The fourth-order valence-electron chi connectivity index (χ4n) is 2.97. The number of rotatable bonds is 4. The molecular weight excluding hydrogens is 363 g/mol. The van der Waals surface area contributed by atoms with Gasteiger partial charge in [0.05, 0.1) is 17.9 Å². The van der Waals surface area contributed by atoms with Crippen molar-refractivity contribution < 1.29 is 9.50 Å². The van der Waals surface area contributed by atoms with E-state index in [9.17, 15) is 9.50 Å². The number of aromatic nitrogens is 2. The summed E-state index contributed by atoms with van der Waals surface area (Å²) in [5, 5.41) is 15.7. The summed E-state index contributed by atoms with van der Waals surface area (Å²) in [7, 11) is 0. The van der Waals surface area contributed by atoms with E-state index in [4.69, 9.17) is 16.7 Å². The molecule has 0 amide bonds. The summed E-state index contributed by atoms with van der Waals surface area (Å²) in [6.07, 6.45) is 0. The molecule has 0 saturated heterocycles. The van der Waals surface area contributed by atoms with Gasteiger partial charge in [-0.05, 0) is 48.0 Å². The standard InChI is InChI=1S/C22H16ClFN2O/c23-17-9-7-16(8-10-17)20-13-21(19-3-1-2-4-22(19)27)26(25-20)14-15-5-11-18(24)12-6-15/h1-13,27H,14H2. The van der Waals surface area contributed by atoms with Crippen LogP contribution >= 0.6 is 11.6 Å². The van der Waals surface area contributed by atoms with Crippen LogP contribution < -0.4 is 0 Å². The Morgan fingerprint density at radius 1 is 0.926 bits per heavy atom. The summed E-state index contributed by atoms with van der Waals surface area (Å²) < 4.78 is 15.0. The summed E-state index contributed by atoms with van der Waals surface area (Å²) in [5.74, 6) is -0.0950. The van der Waals surface area contributed by atoms with E-state index in [-0.39, 0.29) is 11.6 Å². The van der Waals surface area contributed by atoms with E-state index in [1.165, 1.54) is 12.1 Å². The molecule has 0 spiro atoms. The minimum atomic E-state index is -0.276. The first-order valence-corrected chi connectivity index (χ1v) is 8.84. The Morgan fingerprint density at radius 3 is 2.33 bits per heavy atom. The van der Waals surface area contributed by atoms with Crippen LogP contribution in [0.2, 0.25) is 5.02 Å². The number of hydrogen-bond donors (Lipinski definition) is 1. The van der Waals surface area contributed by atoms with Gasteiger partial charge in [-0.2, -0.15) is 5.10 Å². The molecule has 0 saturated carbocycles. The number of benzene rings is 3. The van der Waals surface area contributed by atoms with Crippen molar-refractivity contribution >= 4 is 11.6 Å². The molecule has 4 aromatic rings. The van der Waals surface area contributed by atoms with Crippen molar-refractivity contribution in [1.82, 2.24) is 9.78 Å². The molecular formula is C22H16ClFN2O. The van der Waals surface area contributed by atoms with Crippen molar-refractivity contribution in [3.8, 4) is 28.3 Å². The lowest BCUT2D eigenvalue weighted by atomic mass is 10.1. The lowest BCUT2D eigenvalue weighted by Gasteiger charge is -2.09. The van der Waals surface area contributed by atoms with Crippen LogP contribution in [0, 0.1) is 5.82 Å². The van der Waals surface area contributed by atoms with E-state index in [0.29, 0.717) is 17.1 Å². The van der Waals surface area contributed by atoms with E-state index >= 15 is 0 Å². The zero-order valence-corrected chi connectivity index (χ0v) is 15.1. The SMILES string of the molecule is Oc1ccccc1-c1cc(-c2ccc(Cl)cc2)nn1Cc1ccc(F)cc1. The number of halogens is 2. The number of aromatic hydroxyl groups is 1. The van der Waals surface area contributed by atoms with Crippen LogP contribution in [0.4, 0.5) is 4.39 Å². The van der Waals surface area contributed by atoms with E-state index in [1.54, 1.807) is 24.3 Å². The number of phenolic OH excluding ortho intramolecular Hbond substituents is 1. The second kappa shape index (κ2) is 7.25. The molecule has 0 atom stereocenters. The van der Waals surface area contributed by atoms with Crippen molar-refractivity contribution in [3.63, 3.8) is 0 Å². The second-order valence-corrected chi connectivity index (χ2v) is 6.66. The van der Waals surface area contributed by atoms with Gasteiger partial charge in [-0.1, -0.05) is 48.0 Å². The van der Waals surface area contributed by atoms with Gasteiger partial charge in [0.15, 0.2) is 0 Å². The molecule has 4 rings (SSSR count). The number of nitrogens with zero attached hydrogens (tertiary/aromatic N) is 2. The van der Waals surface area contributed by atoms with Gasteiger partial charge in [-0.3, -0.25) is 4.68 Å². The molecule has 0 aliphatic heterocycles.